The molecule has 0 fully saturated rings. The Kier molecular flexibility index (Phi) is 4.61. The number of hydrogen-bond donors (Lipinski definition) is 4. The van der Waals surface area contributed by atoms with Crippen LogP contribution >= 0.6 is 0 Å². The monoisotopic (exact) mass is 437 g/mol. The molecular formula is C25H20FN7. The number of nitrogens with one attached hydrogen (secondary N) is 4. The highest BCUT2D eigenvalue weighted by atomic mass is 19.1. The van der Waals surface area contributed by atoms with Gasteiger partial charge in [0.15, 0.2) is 0 Å². The molecule has 6 rings (SSSR count). The Bertz CT molecular complexity index is 1600. The van der Waals surface area contributed by atoms with Crippen molar-refractivity contribution in [2.45, 2.75) is 6.42 Å². The zero-order valence-corrected chi connectivity index (χ0v) is 17.6. The number of H-pyrrole nitrogens is 2. The minimum Gasteiger partial charge on any atom is -0.361 e. The first-order chi connectivity index (χ1) is 16.2. The van der Waals surface area contributed by atoms with Crippen molar-refractivity contribution in [3.63, 3.8) is 0 Å². The van der Waals surface area contributed by atoms with Crippen molar-refractivity contribution in [3.8, 4) is 0 Å². The minimum absolute atomic E-state index is 0.334. The van der Waals surface area contributed by atoms with Crippen LogP contribution in [0.3, 0.4) is 0 Å². The van der Waals surface area contributed by atoms with Gasteiger partial charge in [-0.15, -0.1) is 0 Å². The van der Waals surface area contributed by atoms with Crippen LogP contribution in [-0.2, 0) is 6.42 Å². The molecular weight excluding hydrogens is 417 g/mol. The fourth-order valence-electron chi connectivity index (χ4n) is 4.08. The highest BCUT2D eigenvalue weighted by Gasteiger charge is 2.11. The lowest BCUT2D eigenvalue weighted by Crippen LogP contribution is -2.09. The molecule has 3 aromatic heterocycles. The first kappa shape index (κ1) is 19.2. The van der Waals surface area contributed by atoms with Gasteiger partial charge in [0.25, 0.3) is 0 Å². The molecule has 0 saturated heterocycles. The van der Waals surface area contributed by atoms with Gasteiger partial charge >= 0.3 is 0 Å². The molecule has 0 aliphatic heterocycles. The van der Waals surface area contributed by atoms with Gasteiger partial charge in [-0.05, 0) is 54.4 Å². The Morgan fingerprint density at radius 1 is 0.909 bits per heavy atom. The number of anilines is 3. The van der Waals surface area contributed by atoms with E-state index in [-0.39, 0.29) is 5.82 Å². The molecule has 0 bridgehead atoms. The van der Waals surface area contributed by atoms with Crippen molar-refractivity contribution in [3.05, 3.63) is 84.4 Å². The Hall–Kier alpha value is -4.46. The maximum atomic E-state index is 14.0. The van der Waals surface area contributed by atoms with Gasteiger partial charge in [0.2, 0.25) is 5.95 Å². The van der Waals surface area contributed by atoms with Crippen molar-refractivity contribution in [2.75, 3.05) is 17.2 Å². The smallest absolute Gasteiger partial charge is 0.225 e. The van der Waals surface area contributed by atoms with Gasteiger partial charge in [0, 0.05) is 40.1 Å². The fourth-order valence-corrected chi connectivity index (χ4v) is 4.08. The Morgan fingerprint density at radius 2 is 1.85 bits per heavy atom. The lowest BCUT2D eigenvalue weighted by Gasteiger charge is -2.12. The average molecular weight is 437 g/mol. The van der Waals surface area contributed by atoms with Crippen molar-refractivity contribution in [2.24, 2.45) is 0 Å². The van der Waals surface area contributed by atoms with E-state index in [1.807, 2.05) is 36.5 Å². The van der Waals surface area contributed by atoms with Crippen molar-refractivity contribution in [1.82, 2.24) is 25.1 Å². The van der Waals surface area contributed by atoms with Crippen molar-refractivity contribution >= 4 is 50.2 Å². The quantitative estimate of drug-likeness (QED) is 0.275. The number of aromatic amines is 2. The molecule has 0 saturated carbocycles. The summed E-state index contributed by atoms with van der Waals surface area (Å²) in [7, 11) is 0. The number of para-hydroxylation sites is 1. The summed E-state index contributed by atoms with van der Waals surface area (Å²) in [6.07, 6.45) is 4.61. The van der Waals surface area contributed by atoms with Crippen LogP contribution in [0.5, 0.6) is 0 Å². The van der Waals surface area contributed by atoms with E-state index < -0.39 is 0 Å². The van der Waals surface area contributed by atoms with Gasteiger partial charge < -0.3 is 15.6 Å². The zero-order valence-electron chi connectivity index (χ0n) is 17.6. The largest absolute Gasteiger partial charge is 0.361 e. The van der Waals surface area contributed by atoms with Gasteiger partial charge in [-0.25, -0.2) is 9.37 Å². The molecule has 33 heavy (non-hydrogen) atoms. The molecule has 4 N–H and O–H groups in total. The molecule has 0 atom stereocenters. The second-order valence-electron chi connectivity index (χ2n) is 7.89. The third-order valence-electron chi connectivity index (χ3n) is 5.71. The molecule has 0 aliphatic rings. The summed E-state index contributed by atoms with van der Waals surface area (Å²) in [4.78, 5) is 12.5. The van der Waals surface area contributed by atoms with Crippen LogP contribution < -0.4 is 10.6 Å². The third-order valence-corrected chi connectivity index (χ3v) is 5.71. The van der Waals surface area contributed by atoms with E-state index in [1.54, 1.807) is 12.3 Å². The predicted octanol–water partition coefficient (Wildman–Crippen LogP) is 5.52. The lowest BCUT2D eigenvalue weighted by atomic mass is 10.1. The van der Waals surface area contributed by atoms with Gasteiger partial charge in [0.1, 0.15) is 11.6 Å². The summed E-state index contributed by atoms with van der Waals surface area (Å²) >= 11 is 0. The second kappa shape index (κ2) is 7.90. The zero-order chi connectivity index (χ0) is 22.2. The number of rotatable bonds is 6. The summed E-state index contributed by atoms with van der Waals surface area (Å²) in [6, 6.07) is 18.6. The number of hydrogen-bond acceptors (Lipinski definition) is 5. The van der Waals surface area contributed by atoms with Crippen LogP contribution in [0.2, 0.25) is 0 Å². The van der Waals surface area contributed by atoms with Gasteiger partial charge in [0.05, 0.1) is 17.2 Å². The van der Waals surface area contributed by atoms with E-state index in [0.29, 0.717) is 29.2 Å². The molecule has 3 heterocycles. The van der Waals surface area contributed by atoms with Crippen LogP contribution in [0.4, 0.5) is 21.8 Å². The highest BCUT2D eigenvalue weighted by Crippen LogP contribution is 2.27. The highest BCUT2D eigenvalue weighted by molar-refractivity contribution is 5.93. The summed E-state index contributed by atoms with van der Waals surface area (Å²) in [5.74, 6) is 0.692. The molecule has 0 unspecified atom stereocenters. The maximum absolute atomic E-state index is 14.0. The maximum Gasteiger partial charge on any atom is 0.225 e. The molecule has 6 aromatic rings. The van der Waals surface area contributed by atoms with Crippen LogP contribution in [0.1, 0.15) is 5.56 Å². The number of nitrogens with zero attached hydrogens (tertiary/aromatic N) is 3. The molecule has 3 aromatic carbocycles. The van der Waals surface area contributed by atoms with Gasteiger partial charge in [-0.1, -0.05) is 18.2 Å². The van der Waals surface area contributed by atoms with Crippen LogP contribution in [-0.4, -0.2) is 31.7 Å². The molecule has 162 valence electrons. The molecule has 0 radical (unpaired) electrons. The van der Waals surface area contributed by atoms with E-state index in [9.17, 15) is 4.39 Å². The molecule has 7 nitrogen and oxygen atoms in total. The molecule has 0 spiro atoms. The number of aromatic nitrogens is 5. The van der Waals surface area contributed by atoms with Gasteiger partial charge in [-0.2, -0.15) is 10.1 Å². The Morgan fingerprint density at radius 3 is 2.82 bits per heavy atom. The summed E-state index contributed by atoms with van der Waals surface area (Å²) in [5.41, 5.74) is 4.79. The first-order valence-corrected chi connectivity index (χ1v) is 10.7. The summed E-state index contributed by atoms with van der Waals surface area (Å²) in [5, 5.41) is 16.4. The first-order valence-electron chi connectivity index (χ1n) is 10.7. The van der Waals surface area contributed by atoms with E-state index in [0.717, 1.165) is 28.5 Å². The van der Waals surface area contributed by atoms with E-state index >= 15 is 0 Å². The van der Waals surface area contributed by atoms with Crippen molar-refractivity contribution in [1.29, 1.82) is 0 Å². The standard InChI is InChI=1S/C25H20FN7/c26-17-5-7-23-20(12-17)24(30-18-6-8-21-16(11-18)14-29-33-21)32-25(31-23)27-10-9-15-13-28-22-4-2-1-3-19(15)22/h1-8,11-14,28H,9-10H2,(H,29,33)(H2,27,30,31,32). The Labute approximate surface area is 188 Å². The van der Waals surface area contributed by atoms with Crippen molar-refractivity contribution < 1.29 is 4.39 Å². The SMILES string of the molecule is Fc1ccc2nc(NCCc3c[nH]c4ccccc34)nc(Nc3ccc4[nH]ncc4c3)c2c1. The summed E-state index contributed by atoms with van der Waals surface area (Å²) in [6.45, 7) is 0.662. The summed E-state index contributed by atoms with van der Waals surface area (Å²) < 4.78 is 14.0. The average Bonchev–Trinajstić information content (AvgIpc) is 3.46. The Balaban J connectivity index is 1.28. The number of halogens is 1. The molecule has 8 heteroatoms. The number of fused-ring (bicyclic) bond motifs is 3. The van der Waals surface area contributed by atoms with Crippen LogP contribution in [0.15, 0.2) is 73.1 Å². The topological polar surface area (TPSA) is 94.3 Å². The van der Waals surface area contributed by atoms with E-state index in [2.05, 4.69) is 47.9 Å². The molecule has 0 amide bonds. The number of benzene rings is 3. The van der Waals surface area contributed by atoms with Gasteiger partial charge in [-0.3, -0.25) is 5.10 Å². The lowest BCUT2D eigenvalue weighted by molar-refractivity contribution is 0.629. The predicted molar refractivity (Wildman–Crippen MR) is 129 cm³/mol. The second-order valence-corrected chi connectivity index (χ2v) is 7.89. The molecule has 0 aliphatic carbocycles. The van der Waals surface area contributed by atoms with Crippen LogP contribution in [0, 0.1) is 5.82 Å². The van der Waals surface area contributed by atoms with E-state index in [4.69, 9.17) is 0 Å². The normalized spacial score (nSPS) is 11.4. The third kappa shape index (κ3) is 3.71. The van der Waals surface area contributed by atoms with Crippen LogP contribution in [0.25, 0.3) is 32.7 Å². The van der Waals surface area contributed by atoms with E-state index in [1.165, 1.54) is 23.1 Å². The fraction of sp³-hybridized carbons (Fsp3) is 0.0800. The minimum atomic E-state index is -0.334.